The Kier molecular flexibility index (Phi) is 2.53. The largest absolute Gasteiger partial charge is 0.487 e. The minimum Gasteiger partial charge on any atom is -0.487 e. The number of carbonyl (C=O) groups is 1. The van der Waals surface area contributed by atoms with Crippen molar-refractivity contribution in [2.75, 3.05) is 0 Å². The summed E-state index contributed by atoms with van der Waals surface area (Å²) in [6, 6.07) is 1.65. The van der Waals surface area contributed by atoms with Gasteiger partial charge >= 0.3 is 0 Å². The predicted octanol–water partition coefficient (Wildman–Crippen LogP) is 2.27. The second kappa shape index (κ2) is 3.43. The molecule has 1 aromatic rings. The molecule has 0 aromatic carbocycles. The van der Waals surface area contributed by atoms with Crippen LogP contribution < -0.4 is 4.74 Å². The van der Waals surface area contributed by atoms with E-state index in [0.717, 1.165) is 0 Å². The molecule has 66 valence electrons. The van der Waals surface area contributed by atoms with E-state index >= 15 is 0 Å². The van der Waals surface area contributed by atoms with Crippen LogP contribution in [0.3, 0.4) is 0 Å². The second-order valence-electron chi connectivity index (χ2n) is 2.84. The molecule has 3 heteroatoms. The molecule has 0 saturated carbocycles. The van der Waals surface area contributed by atoms with Gasteiger partial charge in [-0.1, -0.05) is 0 Å². The molecule has 0 fully saturated rings. The average molecular weight is 168 g/mol. The van der Waals surface area contributed by atoms with Crippen LogP contribution in [0.15, 0.2) is 16.7 Å². The first-order chi connectivity index (χ1) is 5.61. The molecular formula is C9H12O3. The van der Waals surface area contributed by atoms with Crippen LogP contribution >= 0.6 is 0 Å². The monoisotopic (exact) mass is 168 g/mol. The van der Waals surface area contributed by atoms with Gasteiger partial charge in [-0.15, -0.1) is 0 Å². The van der Waals surface area contributed by atoms with Gasteiger partial charge in [0.25, 0.3) is 0 Å². The fraction of sp³-hybridized carbons (Fsp3) is 0.444. The van der Waals surface area contributed by atoms with Crippen molar-refractivity contribution < 1.29 is 13.9 Å². The van der Waals surface area contributed by atoms with Crippen molar-refractivity contribution in [1.82, 2.24) is 0 Å². The minimum atomic E-state index is -0.115. The number of ether oxygens (including phenoxy) is 1. The van der Waals surface area contributed by atoms with Crippen molar-refractivity contribution in [2.45, 2.75) is 26.9 Å². The van der Waals surface area contributed by atoms with Gasteiger partial charge in [0.15, 0.2) is 11.5 Å². The number of ketones is 1. The van der Waals surface area contributed by atoms with E-state index in [4.69, 9.17) is 9.15 Å². The van der Waals surface area contributed by atoms with Gasteiger partial charge in [-0.05, 0) is 13.8 Å². The molecule has 0 N–H and O–H groups in total. The summed E-state index contributed by atoms with van der Waals surface area (Å²) in [6.07, 6.45) is 1.51. The Morgan fingerprint density at radius 2 is 2.25 bits per heavy atom. The Balaban J connectivity index is 2.84. The molecule has 0 aliphatic rings. The zero-order chi connectivity index (χ0) is 9.14. The first-order valence-electron chi connectivity index (χ1n) is 3.86. The lowest BCUT2D eigenvalue weighted by Gasteiger charge is -2.07. The Morgan fingerprint density at radius 3 is 2.75 bits per heavy atom. The van der Waals surface area contributed by atoms with Crippen LogP contribution in [0.5, 0.6) is 5.75 Å². The molecule has 0 atom stereocenters. The van der Waals surface area contributed by atoms with Gasteiger partial charge in [0.1, 0.15) is 0 Å². The lowest BCUT2D eigenvalue weighted by molar-refractivity contribution is 0.0979. The van der Waals surface area contributed by atoms with Crippen LogP contribution in [0.2, 0.25) is 0 Å². The Bertz CT molecular complexity index is 273. The molecule has 0 aliphatic carbocycles. The number of hydrogen-bond acceptors (Lipinski definition) is 3. The van der Waals surface area contributed by atoms with Gasteiger partial charge in [0.2, 0.25) is 5.76 Å². The highest BCUT2D eigenvalue weighted by molar-refractivity contribution is 5.93. The highest BCUT2D eigenvalue weighted by Crippen LogP contribution is 2.21. The van der Waals surface area contributed by atoms with E-state index in [-0.39, 0.29) is 11.9 Å². The SMILES string of the molecule is CC(=O)c1occc1OC(C)C. The zero-order valence-electron chi connectivity index (χ0n) is 7.46. The summed E-state index contributed by atoms with van der Waals surface area (Å²) in [6.45, 7) is 5.25. The Labute approximate surface area is 71.3 Å². The molecule has 0 spiro atoms. The highest BCUT2D eigenvalue weighted by Gasteiger charge is 2.12. The maximum Gasteiger partial charge on any atom is 0.210 e. The van der Waals surface area contributed by atoms with Crippen LogP contribution in [0, 0.1) is 0 Å². The maximum absolute atomic E-state index is 10.9. The van der Waals surface area contributed by atoms with Crippen LogP contribution in [-0.2, 0) is 0 Å². The third-order valence-electron chi connectivity index (χ3n) is 1.31. The van der Waals surface area contributed by atoms with Crippen molar-refractivity contribution in [3.63, 3.8) is 0 Å². The first kappa shape index (κ1) is 8.84. The topological polar surface area (TPSA) is 39.4 Å². The molecule has 0 bridgehead atoms. The highest BCUT2D eigenvalue weighted by atomic mass is 16.5. The molecule has 0 radical (unpaired) electrons. The molecule has 1 heterocycles. The van der Waals surface area contributed by atoms with E-state index in [1.165, 1.54) is 13.2 Å². The van der Waals surface area contributed by atoms with Crippen molar-refractivity contribution in [2.24, 2.45) is 0 Å². The smallest absolute Gasteiger partial charge is 0.210 e. The second-order valence-corrected chi connectivity index (χ2v) is 2.84. The number of hydrogen-bond donors (Lipinski definition) is 0. The van der Waals surface area contributed by atoms with Gasteiger partial charge in [-0.2, -0.15) is 0 Å². The number of carbonyl (C=O) groups excluding carboxylic acids is 1. The molecule has 0 aliphatic heterocycles. The quantitative estimate of drug-likeness (QED) is 0.650. The fourth-order valence-electron chi connectivity index (χ4n) is 0.901. The van der Waals surface area contributed by atoms with E-state index in [2.05, 4.69) is 0 Å². The minimum absolute atomic E-state index is 0.0562. The summed E-state index contributed by atoms with van der Waals surface area (Å²) in [5.41, 5.74) is 0. The van der Waals surface area contributed by atoms with E-state index in [1.807, 2.05) is 13.8 Å². The molecule has 1 rings (SSSR count). The molecule has 0 saturated heterocycles. The summed E-state index contributed by atoms with van der Waals surface area (Å²) >= 11 is 0. The third kappa shape index (κ3) is 1.87. The standard InChI is InChI=1S/C9H12O3/c1-6(2)12-8-4-5-11-9(8)7(3)10/h4-6H,1-3H3. The van der Waals surface area contributed by atoms with E-state index in [0.29, 0.717) is 11.5 Å². The van der Waals surface area contributed by atoms with Gasteiger partial charge in [0, 0.05) is 13.0 Å². The summed E-state index contributed by atoms with van der Waals surface area (Å²) in [7, 11) is 0. The van der Waals surface area contributed by atoms with Crippen LogP contribution in [0.4, 0.5) is 0 Å². The van der Waals surface area contributed by atoms with Crippen molar-refractivity contribution in [3.05, 3.63) is 18.1 Å². The zero-order valence-corrected chi connectivity index (χ0v) is 7.46. The normalized spacial score (nSPS) is 10.3. The summed E-state index contributed by atoms with van der Waals surface area (Å²) in [5.74, 6) is 0.705. The molecule has 0 unspecified atom stereocenters. The van der Waals surface area contributed by atoms with E-state index < -0.39 is 0 Å². The Morgan fingerprint density at radius 1 is 1.58 bits per heavy atom. The van der Waals surface area contributed by atoms with Gasteiger partial charge in [-0.25, -0.2) is 0 Å². The van der Waals surface area contributed by atoms with E-state index in [1.54, 1.807) is 6.07 Å². The van der Waals surface area contributed by atoms with Crippen molar-refractivity contribution in [3.8, 4) is 5.75 Å². The van der Waals surface area contributed by atoms with Crippen molar-refractivity contribution >= 4 is 5.78 Å². The fourth-order valence-corrected chi connectivity index (χ4v) is 0.901. The number of Topliss-reactive ketones (excluding diaryl/α,β-unsaturated/α-hetero) is 1. The van der Waals surface area contributed by atoms with Gasteiger partial charge < -0.3 is 9.15 Å². The average Bonchev–Trinajstić information content (AvgIpc) is 2.33. The number of rotatable bonds is 3. The number of furan rings is 1. The van der Waals surface area contributed by atoms with Gasteiger partial charge in [-0.3, -0.25) is 4.79 Å². The lowest BCUT2D eigenvalue weighted by Crippen LogP contribution is -2.07. The molecule has 0 amide bonds. The van der Waals surface area contributed by atoms with Gasteiger partial charge in [0.05, 0.1) is 12.4 Å². The Hall–Kier alpha value is -1.25. The molecule has 12 heavy (non-hydrogen) atoms. The maximum atomic E-state index is 10.9. The summed E-state index contributed by atoms with van der Waals surface area (Å²) < 4.78 is 10.3. The van der Waals surface area contributed by atoms with Crippen molar-refractivity contribution in [1.29, 1.82) is 0 Å². The van der Waals surface area contributed by atoms with Crippen LogP contribution in [0.1, 0.15) is 31.3 Å². The molecular weight excluding hydrogens is 156 g/mol. The summed E-state index contributed by atoms with van der Waals surface area (Å²) in [5, 5.41) is 0. The van der Waals surface area contributed by atoms with E-state index in [9.17, 15) is 4.79 Å². The third-order valence-corrected chi connectivity index (χ3v) is 1.31. The predicted molar refractivity (Wildman–Crippen MR) is 44.5 cm³/mol. The van der Waals surface area contributed by atoms with Crippen LogP contribution in [-0.4, -0.2) is 11.9 Å². The summed E-state index contributed by atoms with van der Waals surface area (Å²) in [4.78, 5) is 10.9. The molecule has 1 aromatic heterocycles. The lowest BCUT2D eigenvalue weighted by atomic mass is 10.3. The van der Waals surface area contributed by atoms with Crippen LogP contribution in [0.25, 0.3) is 0 Å². The molecule has 3 nitrogen and oxygen atoms in total. The first-order valence-corrected chi connectivity index (χ1v) is 3.86.